The molecular weight excluding hydrogens is 274 g/mol. The molecule has 0 aliphatic carbocycles. The third-order valence-electron chi connectivity index (χ3n) is 2.44. The lowest BCUT2D eigenvalue weighted by atomic mass is 10.1. The van der Waals surface area contributed by atoms with Gasteiger partial charge in [0.15, 0.2) is 11.1 Å². The molecule has 6 heteroatoms. The molecule has 1 atom stereocenters. The van der Waals surface area contributed by atoms with Gasteiger partial charge in [-0.2, -0.15) is 0 Å². The smallest absolute Gasteiger partial charge is 0.190 e. The van der Waals surface area contributed by atoms with Crippen molar-refractivity contribution in [3.8, 4) is 5.75 Å². The van der Waals surface area contributed by atoms with E-state index in [2.05, 4.69) is 4.98 Å². The first-order valence-electron chi connectivity index (χ1n) is 5.46. The first-order valence-corrected chi connectivity index (χ1v) is 6.94. The average molecular weight is 286 g/mol. The zero-order chi connectivity index (χ0) is 13.1. The van der Waals surface area contributed by atoms with E-state index < -0.39 is 11.1 Å². The van der Waals surface area contributed by atoms with Crippen LogP contribution < -0.4 is 4.74 Å². The van der Waals surface area contributed by atoms with E-state index in [4.69, 9.17) is 16.3 Å². The van der Waals surface area contributed by atoms with Crippen molar-refractivity contribution in [2.24, 2.45) is 0 Å². The fourth-order valence-corrected chi connectivity index (χ4v) is 2.42. The van der Waals surface area contributed by atoms with E-state index in [0.29, 0.717) is 17.7 Å². The third kappa shape index (κ3) is 2.48. The number of fused-ring (bicyclic) bond motifs is 1. The molecule has 0 aliphatic rings. The first-order chi connectivity index (χ1) is 8.65. The normalized spacial score (nSPS) is 12.6. The van der Waals surface area contributed by atoms with E-state index >= 15 is 0 Å². The standard InChI is InChI=1S/C12H12ClNO3S/c1-2-7-17-11-9(18(15)16)4-3-8-5-6-14-12(13)10(8)11/h3-6H,2,7H2,1H3,(H,15,16). The van der Waals surface area contributed by atoms with Gasteiger partial charge in [-0.1, -0.05) is 24.6 Å². The monoisotopic (exact) mass is 285 g/mol. The summed E-state index contributed by atoms with van der Waals surface area (Å²) >= 11 is 3.93. The minimum Gasteiger partial charge on any atom is -0.491 e. The van der Waals surface area contributed by atoms with Crippen molar-refractivity contribution in [2.45, 2.75) is 18.2 Å². The Balaban J connectivity index is 2.71. The molecule has 0 aliphatic heterocycles. The topological polar surface area (TPSA) is 59.4 Å². The summed E-state index contributed by atoms with van der Waals surface area (Å²) in [6, 6.07) is 5.08. The number of ether oxygens (including phenoxy) is 1. The molecule has 0 amide bonds. The zero-order valence-electron chi connectivity index (χ0n) is 9.72. The van der Waals surface area contributed by atoms with Gasteiger partial charge < -0.3 is 9.29 Å². The predicted octanol–water partition coefficient (Wildman–Crippen LogP) is 3.26. The van der Waals surface area contributed by atoms with Gasteiger partial charge in [0.25, 0.3) is 0 Å². The highest BCUT2D eigenvalue weighted by atomic mass is 35.5. The molecule has 1 aromatic heterocycles. The Bertz CT molecular complexity index is 603. The molecule has 96 valence electrons. The summed E-state index contributed by atoms with van der Waals surface area (Å²) in [5.74, 6) is 0.341. The Labute approximate surface area is 112 Å². The van der Waals surface area contributed by atoms with Crippen molar-refractivity contribution in [1.82, 2.24) is 4.98 Å². The van der Waals surface area contributed by atoms with Crippen LogP contribution in [0.4, 0.5) is 0 Å². The molecule has 2 rings (SSSR count). The van der Waals surface area contributed by atoms with Gasteiger partial charge in [0.1, 0.15) is 15.8 Å². The largest absolute Gasteiger partial charge is 0.491 e. The van der Waals surface area contributed by atoms with Gasteiger partial charge >= 0.3 is 0 Å². The molecule has 1 unspecified atom stereocenters. The molecule has 18 heavy (non-hydrogen) atoms. The number of nitrogens with zero attached hydrogens (tertiary/aromatic N) is 1. The average Bonchev–Trinajstić information content (AvgIpc) is 2.35. The lowest BCUT2D eigenvalue weighted by molar-refractivity contribution is 0.313. The van der Waals surface area contributed by atoms with Crippen molar-refractivity contribution in [3.05, 3.63) is 29.5 Å². The quantitative estimate of drug-likeness (QED) is 0.692. The molecule has 2 aromatic rings. The number of pyridine rings is 1. The van der Waals surface area contributed by atoms with Crippen LogP contribution in [-0.2, 0) is 11.1 Å². The van der Waals surface area contributed by atoms with E-state index in [1.165, 1.54) is 0 Å². The molecule has 1 heterocycles. The van der Waals surface area contributed by atoms with Crippen LogP contribution in [-0.4, -0.2) is 20.4 Å². The van der Waals surface area contributed by atoms with Crippen LogP contribution in [0.25, 0.3) is 10.8 Å². The molecule has 1 N–H and O–H groups in total. The second-order valence-electron chi connectivity index (χ2n) is 3.69. The van der Waals surface area contributed by atoms with Gasteiger partial charge in [-0.05, 0) is 23.9 Å². The Hall–Kier alpha value is -1.17. The van der Waals surface area contributed by atoms with E-state index in [-0.39, 0.29) is 10.0 Å². The summed E-state index contributed by atoms with van der Waals surface area (Å²) < 4.78 is 26.2. The molecule has 0 spiro atoms. The third-order valence-corrected chi connectivity index (χ3v) is 3.43. The highest BCUT2D eigenvalue weighted by Crippen LogP contribution is 2.35. The van der Waals surface area contributed by atoms with Crippen LogP contribution in [0, 0.1) is 0 Å². The minimum atomic E-state index is -2.12. The molecule has 0 fully saturated rings. The number of halogens is 1. The Morgan fingerprint density at radius 1 is 1.44 bits per heavy atom. The Morgan fingerprint density at radius 2 is 2.22 bits per heavy atom. The summed E-state index contributed by atoms with van der Waals surface area (Å²) in [6.45, 7) is 2.41. The van der Waals surface area contributed by atoms with Gasteiger partial charge in [-0.25, -0.2) is 9.19 Å². The van der Waals surface area contributed by atoms with Gasteiger partial charge in [0, 0.05) is 6.20 Å². The van der Waals surface area contributed by atoms with Crippen LogP contribution >= 0.6 is 11.6 Å². The fourth-order valence-electron chi connectivity index (χ4n) is 1.66. The fraction of sp³-hybridized carbons (Fsp3) is 0.250. The van der Waals surface area contributed by atoms with E-state index in [1.807, 2.05) is 6.92 Å². The second-order valence-corrected chi connectivity index (χ2v) is 4.99. The van der Waals surface area contributed by atoms with Gasteiger partial charge in [0.2, 0.25) is 0 Å². The Kier molecular flexibility index (Phi) is 4.16. The molecule has 0 radical (unpaired) electrons. The second kappa shape index (κ2) is 5.65. The van der Waals surface area contributed by atoms with Crippen molar-refractivity contribution < 1.29 is 13.5 Å². The lowest BCUT2D eigenvalue weighted by Crippen LogP contribution is -2.01. The maximum atomic E-state index is 11.3. The molecule has 0 saturated carbocycles. The van der Waals surface area contributed by atoms with Crippen LogP contribution in [0.3, 0.4) is 0 Å². The van der Waals surface area contributed by atoms with Crippen LogP contribution in [0.15, 0.2) is 29.3 Å². The number of benzene rings is 1. The highest BCUT2D eigenvalue weighted by Gasteiger charge is 2.16. The van der Waals surface area contributed by atoms with Gasteiger partial charge in [-0.15, -0.1) is 0 Å². The van der Waals surface area contributed by atoms with E-state index in [1.54, 1.807) is 24.4 Å². The van der Waals surface area contributed by atoms with E-state index in [9.17, 15) is 8.76 Å². The van der Waals surface area contributed by atoms with Crippen molar-refractivity contribution in [3.63, 3.8) is 0 Å². The predicted molar refractivity (Wildman–Crippen MR) is 71.6 cm³/mol. The number of hydrogen-bond acceptors (Lipinski definition) is 3. The maximum Gasteiger partial charge on any atom is 0.190 e. The molecular formula is C12H12ClNO3S. The summed E-state index contributed by atoms with van der Waals surface area (Å²) in [7, 11) is 0. The van der Waals surface area contributed by atoms with Gasteiger partial charge in [-0.3, -0.25) is 0 Å². The Morgan fingerprint density at radius 3 is 2.89 bits per heavy atom. The number of hydrogen-bond donors (Lipinski definition) is 1. The molecule has 0 saturated heterocycles. The maximum absolute atomic E-state index is 11.3. The summed E-state index contributed by atoms with van der Waals surface area (Å²) in [4.78, 5) is 4.20. The minimum absolute atomic E-state index is 0.214. The molecule has 0 bridgehead atoms. The first kappa shape index (κ1) is 13.3. The molecule has 1 aromatic carbocycles. The van der Waals surface area contributed by atoms with Crippen molar-refractivity contribution in [1.29, 1.82) is 0 Å². The summed E-state index contributed by atoms with van der Waals surface area (Å²) in [6.07, 6.45) is 2.38. The highest BCUT2D eigenvalue weighted by molar-refractivity contribution is 7.79. The lowest BCUT2D eigenvalue weighted by Gasteiger charge is -2.12. The van der Waals surface area contributed by atoms with Crippen LogP contribution in [0.2, 0.25) is 5.15 Å². The number of aromatic nitrogens is 1. The zero-order valence-corrected chi connectivity index (χ0v) is 11.3. The van der Waals surface area contributed by atoms with E-state index in [0.717, 1.165) is 11.8 Å². The van der Waals surface area contributed by atoms with Gasteiger partial charge in [0.05, 0.1) is 12.0 Å². The summed E-state index contributed by atoms with van der Waals surface area (Å²) in [5, 5.41) is 1.67. The number of rotatable bonds is 4. The van der Waals surface area contributed by atoms with Crippen molar-refractivity contribution in [2.75, 3.05) is 6.61 Å². The van der Waals surface area contributed by atoms with Crippen LogP contribution in [0.5, 0.6) is 5.75 Å². The van der Waals surface area contributed by atoms with Crippen LogP contribution in [0.1, 0.15) is 13.3 Å². The van der Waals surface area contributed by atoms with Crippen molar-refractivity contribution >= 4 is 33.5 Å². The SMILES string of the molecule is CCCOc1c(S(=O)O)ccc2ccnc(Cl)c12. The summed E-state index contributed by atoms with van der Waals surface area (Å²) in [5.41, 5.74) is 0. The molecule has 4 nitrogen and oxygen atoms in total.